The molecule has 144 valence electrons. The van der Waals surface area contributed by atoms with Gasteiger partial charge in [-0.1, -0.05) is 12.1 Å². The van der Waals surface area contributed by atoms with E-state index in [1.165, 1.54) is 0 Å². The lowest BCUT2D eigenvalue weighted by Gasteiger charge is -2.26. The van der Waals surface area contributed by atoms with E-state index in [-0.39, 0.29) is 6.10 Å². The molecule has 0 bridgehead atoms. The minimum atomic E-state index is -0.594. The van der Waals surface area contributed by atoms with E-state index in [1.54, 1.807) is 20.5 Å². The molecule has 0 unspecified atom stereocenters. The summed E-state index contributed by atoms with van der Waals surface area (Å²) in [6, 6.07) is 9.57. The highest BCUT2D eigenvalue weighted by molar-refractivity contribution is 5.46. The monoisotopic (exact) mass is 363 g/mol. The topological polar surface area (TPSA) is 64.3 Å². The Bertz CT molecular complexity index is 642. The van der Waals surface area contributed by atoms with Gasteiger partial charge in [-0.25, -0.2) is 0 Å². The first-order valence-corrected chi connectivity index (χ1v) is 8.77. The number of methoxy groups -OCH3 is 2. The van der Waals surface area contributed by atoms with Crippen LogP contribution >= 0.6 is 0 Å². The van der Waals surface area contributed by atoms with E-state index in [0.29, 0.717) is 37.7 Å². The zero-order chi connectivity index (χ0) is 18.9. The van der Waals surface area contributed by atoms with Crippen LogP contribution in [0.25, 0.3) is 0 Å². The fourth-order valence-electron chi connectivity index (χ4n) is 2.78. The van der Waals surface area contributed by atoms with Crippen molar-refractivity contribution in [3.05, 3.63) is 47.9 Å². The summed E-state index contributed by atoms with van der Waals surface area (Å²) in [6.07, 6.45) is 1.14. The van der Waals surface area contributed by atoms with Gasteiger partial charge in [-0.3, -0.25) is 4.90 Å². The van der Waals surface area contributed by atoms with E-state index >= 15 is 0 Å². The van der Waals surface area contributed by atoms with Gasteiger partial charge in [0.1, 0.15) is 5.76 Å². The van der Waals surface area contributed by atoms with E-state index in [2.05, 4.69) is 4.90 Å². The van der Waals surface area contributed by atoms with E-state index < -0.39 is 6.10 Å². The maximum Gasteiger partial charge on any atom is 0.165 e. The molecule has 0 aliphatic heterocycles. The SMILES string of the molecule is COc1cccc(CN(Cc2ccco2)C[C@@H](O)COC(C)C)c1OC. The van der Waals surface area contributed by atoms with Gasteiger partial charge in [0.2, 0.25) is 0 Å². The molecule has 6 nitrogen and oxygen atoms in total. The van der Waals surface area contributed by atoms with Crippen molar-refractivity contribution in [2.75, 3.05) is 27.4 Å². The third-order valence-corrected chi connectivity index (χ3v) is 3.93. The Kier molecular flexibility index (Phi) is 7.97. The minimum absolute atomic E-state index is 0.0849. The van der Waals surface area contributed by atoms with Gasteiger partial charge in [0.15, 0.2) is 11.5 Å². The molecule has 1 aromatic heterocycles. The predicted molar refractivity (Wildman–Crippen MR) is 99.5 cm³/mol. The van der Waals surface area contributed by atoms with Gasteiger partial charge in [0.05, 0.1) is 45.8 Å². The predicted octanol–water partition coefficient (Wildman–Crippen LogP) is 3.08. The van der Waals surface area contributed by atoms with Crippen LogP contribution in [0.15, 0.2) is 41.0 Å². The van der Waals surface area contributed by atoms with Crippen LogP contribution in [0.2, 0.25) is 0 Å². The van der Waals surface area contributed by atoms with E-state index in [1.807, 2.05) is 44.2 Å². The number of ether oxygens (including phenoxy) is 3. The first kappa shape index (κ1) is 20.3. The van der Waals surface area contributed by atoms with Crippen LogP contribution in [0.5, 0.6) is 11.5 Å². The standard InChI is InChI=1S/C20H29NO5/c1-15(2)26-14-17(22)12-21(13-18-8-6-10-25-18)11-16-7-5-9-19(23-3)20(16)24-4/h5-10,15,17,22H,11-14H2,1-4H3/t17-/m1/s1. The van der Waals surface area contributed by atoms with Crippen LogP contribution in [0.1, 0.15) is 25.2 Å². The quantitative estimate of drug-likeness (QED) is 0.662. The molecule has 1 N–H and O–H groups in total. The lowest BCUT2D eigenvalue weighted by atomic mass is 10.1. The average molecular weight is 363 g/mol. The summed E-state index contributed by atoms with van der Waals surface area (Å²) in [6.45, 7) is 5.81. The van der Waals surface area contributed by atoms with Crippen molar-refractivity contribution in [2.45, 2.75) is 39.1 Å². The largest absolute Gasteiger partial charge is 0.493 e. The normalized spacial score (nSPS) is 12.6. The molecule has 0 saturated heterocycles. The van der Waals surface area contributed by atoms with Gasteiger partial charge in [-0.15, -0.1) is 0 Å². The molecular formula is C20H29NO5. The van der Waals surface area contributed by atoms with Gasteiger partial charge in [0.25, 0.3) is 0 Å². The van der Waals surface area contributed by atoms with E-state index in [0.717, 1.165) is 11.3 Å². The maximum atomic E-state index is 10.3. The van der Waals surface area contributed by atoms with Crippen molar-refractivity contribution in [2.24, 2.45) is 0 Å². The van der Waals surface area contributed by atoms with Crippen LogP contribution in [-0.4, -0.2) is 49.6 Å². The van der Waals surface area contributed by atoms with E-state index in [4.69, 9.17) is 18.6 Å². The highest BCUT2D eigenvalue weighted by Gasteiger charge is 2.18. The molecule has 0 aliphatic rings. The van der Waals surface area contributed by atoms with Crippen LogP contribution in [-0.2, 0) is 17.8 Å². The number of para-hydroxylation sites is 1. The Hall–Kier alpha value is -2.02. The summed E-state index contributed by atoms with van der Waals surface area (Å²) in [5.74, 6) is 2.22. The van der Waals surface area contributed by atoms with Gasteiger partial charge in [0, 0.05) is 18.7 Å². The molecule has 26 heavy (non-hydrogen) atoms. The van der Waals surface area contributed by atoms with Crippen molar-refractivity contribution in [1.29, 1.82) is 0 Å². The Labute approximate surface area is 155 Å². The van der Waals surface area contributed by atoms with Crippen LogP contribution < -0.4 is 9.47 Å². The Morgan fingerprint density at radius 3 is 2.50 bits per heavy atom. The molecule has 0 amide bonds. The lowest BCUT2D eigenvalue weighted by molar-refractivity contribution is -0.0114. The summed E-state index contributed by atoms with van der Waals surface area (Å²) in [7, 11) is 3.25. The molecule has 0 saturated carbocycles. The van der Waals surface area contributed by atoms with Crippen LogP contribution in [0.3, 0.4) is 0 Å². The Morgan fingerprint density at radius 1 is 1.08 bits per heavy atom. The molecule has 0 spiro atoms. The summed E-state index contributed by atoms with van der Waals surface area (Å²) in [4.78, 5) is 2.10. The van der Waals surface area contributed by atoms with Crippen molar-refractivity contribution in [1.82, 2.24) is 4.90 Å². The smallest absolute Gasteiger partial charge is 0.165 e. The average Bonchev–Trinajstić information content (AvgIpc) is 3.12. The zero-order valence-electron chi connectivity index (χ0n) is 16.0. The number of rotatable bonds is 11. The molecule has 2 rings (SSSR count). The molecule has 1 heterocycles. The first-order valence-electron chi connectivity index (χ1n) is 8.77. The van der Waals surface area contributed by atoms with Crippen LogP contribution in [0.4, 0.5) is 0 Å². The number of aliphatic hydroxyl groups excluding tert-OH is 1. The van der Waals surface area contributed by atoms with Gasteiger partial charge < -0.3 is 23.7 Å². The second-order valence-electron chi connectivity index (χ2n) is 6.44. The number of aliphatic hydroxyl groups is 1. The first-order chi connectivity index (χ1) is 12.5. The number of hydrogen-bond donors (Lipinski definition) is 1. The molecule has 0 aliphatic carbocycles. The number of benzene rings is 1. The second kappa shape index (κ2) is 10.2. The molecule has 0 radical (unpaired) electrons. The number of furan rings is 1. The molecule has 1 aromatic carbocycles. The highest BCUT2D eigenvalue weighted by atomic mass is 16.5. The Balaban J connectivity index is 2.13. The summed E-state index contributed by atoms with van der Waals surface area (Å²) in [5.41, 5.74) is 0.982. The lowest BCUT2D eigenvalue weighted by Crippen LogP contribution is -2.35. The third kappa shape index (κ3) is 6.05. The molecule has 2 aromatic rings. The second-order valence-corrected chi connectivity index (χ2v) is 6.44. The minimum Gasteiger partial charge on any atom is -0.493 e. The fraction of sp³-hybridized carbons (Fsp3) is 0.500. The fourth-order valence-corrected chi connectivity index (χ4v) is 2.78. The van der Waals surface area contributed by atoms with Crippen molar-refractivity contribution in [3.8, 4) is 11.5 Å². The van der Waals surface area contributed by atoms with Gasteiger partial charge in [-0.2, -0.15) is 0 Å². The number of hydrogen-bond acceptors (Lipinski definition) is 6. The highest BCUT2D eigenvalue weighted by Crippen LogP contribution is 2.31. The summed E-state index contributed by atoms with van der Waals surface area (Å²) >= 11 is 0. The third-order valence-electron chi connectivity index (χ3n) is 3.93. The van der Waals surface area contributed by atoms with Crippen molar-refractivity contribution < 1.29 is 23.7 Å². The van der Waals surface area contributed by atoms with Crippen molar-refractivity contribution >= 4 is 0 Å². The zero-order valence-corrected chi connectivity index (χ0v) is 16.0. The molecular weight excluding hydrogens is 334 g/mol. The van der Waals surface area contributed by atoms with Gasteiger partial charge >= 0.3 is 0 Å². The van der Waals surface area contributed by atoms with Gasteiger partial charge in [-0.05, 0) is 32.0 Å². The van der Waals surface area contributed by atoms with E-state index in [9.17, 15) is 5.11 Å². The summed E-state index contributed by atoms with van der Waals surface area (Å²) in [5, 5.41) is 10.3. The summed E-state index contributed by atoms with van der Waals surface area (Å²) < 4.78 is 21.9. The van der Waals surface area contributed by atoms with Crippen LogP contribution in [0, 0.1) is 0 Å². The Morgan fingerprint density at radius 2 is 1.88 bits per heavy atom. The molecule has 0 fully saturated rings. The number of nitrogens with zero attached hydrogens (tertiary/aromatic N) is 1. The maximum absolute atomic E-state index is 10.3. The van der Waals surface area contributed by atoms with Crippen molar-refractivity contribution in [3.63, 3.8) is 0 Å². The molecule has 1 atom stereocenters. The molecule has 6 heteroatoms.